The highest BCUT2D eigenvalue weighted by Gasteiger charge is 2.46. The molecule has 41 heavy (non-hydrogen) atoms. The third kappa shape index (κ3) is 12.1. The van der Waals surface area contributed by atoms with Crippen LogP contribution in [0.4, 0.5) is 4.79 Å². The predicted molar refractivity (Wildman–Crippen MR) is 164 cm³/mol. The minimum Gasteiger partial charge on any atom is -0.346 e. The van der Waals surface area contributed by atoms with Crippen molar-refractivity contribution in [2.75, 3.05) is 20.1 Å². The molecule has 0 aromatic heterocycles. The number of carbonyl (C=O) groups excluding carboxylic acids is 5. The lowest BCUT2D eigenvalue weighted by Gasteiger charge is -2.42. The van der Waals surface area contributed by atoms with Crippen LogP contribution in [0.5, 0.6) is 0 Å². The van der Waals surface area contributed by atoms with Gasteiger partial charge in [-0.25, -0.2) is 4.79 Å². The lowest BCUT2D eigenvalue weighted by atomic mass is 9.70. The van der Waals surface area contributed by atoms with Crippen LogP contribution in [0.25, 0.3) is 0 Å². The molecule has 0 aromatic rings. The Bertz CT molecular complexity index is 869. The summed E-state index contributed by atoms with van der Waals surface area (Å²) in [5.74, 6) is -2.33. The highest BCUT2D eigenvalue weighted by atomic mass is 16.2. The molecule has 2 fully saturated rings. The van der Waals surface area contributed by atoms with Crippen molar-refractivity contribution in [3.8, 4) is 0 Å². The van der Waals surface area contributed by atoms with Crippen LogP contribution in [0.1, 0.15) is 98.8 Å². The molecule has 0 radical (unpaired) electrons. The zero-order valence-corrected chi connectivity index (χ0v) is 26.3. The Morgan fingerprint density at radius 2 is 1.59 bits per heavy atom. The molecule has 2 rings (SSSR count). The minimum atomic E-state index is -1.03. The van der Waals surface area contributed by atoms with Gasteiger partial charge >= 0.3 is 6.03 Å². The molecule has 1 saturated carbocycles. The van der Waals surface area contributed by atoms with E-state index in [-0.39, 0.29) is 18.9 Å². The molecule has 3 atom stereocenters. The fourth-order valence-corrected chi connectivity index (χ4v) is 5.09. The number of rotatable bonds is 12. The van der Waals surface area contributed by atoms with E-state index in [0.717, 1.165) is 32.1 Å². The number of carbonyl (C=O) groups is 5. The van der Waals surface area contributed by atoms with Crippen LogP contribution in [0, 0.1) is 5.41 Å². The Morgan fingerprint density at radius 3 is 2.12 bits per heavy atom. The Balaban J connectivity index is 0.00000299. The number of likely N-dealkylation sites (tertiary alicyclic amines) is 1. The fraction of sp³-hybridized carbons (Fsp3) is 0.710. The van der Waals surface area contributed by atoms with Gasteiger partial charge in [-0.2, -0.15) is 0 Å². The molecule has 1 aliphatic heterocycles. The molecule has 2 aliphatic rings. The average Bonchev–Trinajstić information content (AvgIpc) is 3.48. The molecular weight excluding hydrogens is 522 g/mol. The van der Waals surface area contributed by atoms with Crippen LogP contribution in [0.2, 0.25) is 0 Å². The first-order valence-corrected chi connectivity index (χ1v) is 15.2. The summed E-state index contributed by atoms with van der Waals surface area (Å²) in [6, 6.07) is -3.03. The monoisotopic (exact) mass is 577 g/mol. The van der Waals surface area contributed by atoms with E-state index in [1.54, 1.807) is 6.08 Å². The van der Waals surface area contributed by atoms with Gasteiger partial charge < -0.3 is 26.2 Å². The van der Waals surface area contributed by atoms with E-state index >= 15 is 0 Å². The Hall–Kier alpha value is -3.17. The molecule has 0 aromatic carbocycles. The van der Waals surface area contributed by atoms with E-state index in [1.165, 1.54) is 24.4 Å². The van der Waals surface area contributed by atoms with Gasteiger partial charge in [-0.3, -0.25) is 19.2 Å². The maximum absolute atomic E-state index is 13.8. The molecule has 234 valence electrons. The van der Waals surface area contributed by atoms with Crippen molar-refractivity contribution in [1.29, 1.82) is 0 Å². The second-order valence-corrected chi connectivity index (χ2v) is 10.6. The van der Waals surface area contributed by atoms with E-state index in [9.17, 15) is 24.0 Å². The van der Waals surface area contributed by atoms with Gasteiger partial charge in [0.1, 0.15) is 12.1 Å². The summed E-state index contributed by atoms with van der Waals surface area (Å²) in [5, 5.41) is 10.5. The van der Waals surface area contributed by atoms with Gasteiger partial charge in [0.25, 0.3) is 5.91 Å². The number of hydrogen-bond acceptors (Lipinski definition) is 5. The van der Waals surface area contributed by atoms with E-state index in [1.807, 2.05) is 20.8 Å². The van der Waals surface area contributed by atoms with E-state index in [2.05, 4.69) is 48.3 Å². The molecule has 1 heterocycles. The molecule has 1 saturated heterocycles. The van der Waals surface area contributed by atoms with Crippen molar-refractivity contribution >= 4 is 29.5 Å². The largest absolute Gasteiger partial charge is 0.346 e. The third-order valence-electron chi connectivity index (χ3n) is 7.20. The number of urea groups is 1. The van der Waals surface area contributed by atoms with Crippen LogP contribution in [-0.2, 0) is 19.2 Å². The van der Waals surface area contributed by atoms with Crippen LogP contribution >= 0.6 is 0 Å². The summed E-state index contributed by atoms with van der Waals surface area (Å²) in [6.45, 7) is 17.9. The van der Waals surface area contributed by atoms with Gasteiger partial charge in [0.2, 0.25) is 17.6 Å². The summed E-state index contributed by atoms with van der Waals surface area (Å²) in [5.41, 5.74) is -0.419. The molecule has 0 bridgehead atoms. The minimum absolute atomic E-state index is 0.135. The molecule has 4 N–H and O–H groups in total. The normalized spacial score (nSPS) is 18.5. The summed E-state index contributed by atoms with van der Waals surface area (Å²) < 4.78 is 0. The zero-order valence-electron chi connectivity index (χ0n) is 26.3. The Labute approximate surface area is 247 Å². The number of nitrogens with one attached hydrogen (secondary N) is 4. The highest BCUT2D eigenvalue weighted by molar-refractivity contribution is 6.38. The second kappa shape index (κ2) is 20.7. The van der Waals surface area contributed by atoms with Crippen molar-refractivity contribution in [3.63, 3.8) is 0 Å². The number of amides is 5. The maximum Gasteiger partial charge on any atom is 0.315 e. The lowest BCUT2D eigenvalue weighted by molar-refractivity contribution is -0.144. The molecule has 10 nitrogen and oxygen atoms in total. The summed E-state index contributed by atoms with van der Waals surface area (Å²) in [6.07, 6.45) is 10.7. The van der Waals surface area contributed by atoms with Crippen LogP contribution in [0.15, 0.2) is 25.3 Å². The number of nitrogens with zero attached hydrogens (tertiary/aromatic N) is 1. The van der Waals surface area contributed by atoms with Gasteiger partial charge in [0, 0.05) is 20.1 Å². The van der Waals surface area contributed by atoms with Crippen molar-refractivity contribution in [2.45, 2.75) is 117 Å². The summed E-state index contributed by atoms with van der Waals surface area (Å²) in [4.78, 5) is 65.8. The highest BCUT2D eigenvalue weighted by Crippen LogP contribution is 2.40. The van der Waals surface area contributed by atoms with Crippen LogP contribution in [-0.4, -0.2) is 72.7 Å². The second-order valence-electron chi connectivity index (χ2n) is 10.6. The fourth-order valence-electron chi connectivity index (χ4n) is 5.09. The zero-order chi connectivity index (χ0) is 31.4. The maximum atomic E-state index is 13.8. The molecule has 5 amide bonds. The number of hydrogen-bond donors (Lipinski definition) is 4. The number of Topliss-reactive ketones (excluding diaryl/α,β-unsaturated/α-hetero) is 1. The van der Waals surface area contributed by atoms with Crippen molar-refractivity contribution in [2.24, 2.45) is 5.41 Å². The van der Waals surface area contributed by atoms with Crippen molar-refractivity contribution in [1.82, 2.24) is 26.2 Å². The topological polar surface area (TPSA) is 137 Å². The quantitative estimate of drug-likeness (QED) is 0.205. The number of ketones is 1. The van der Waals surface area contributed by atoms with Gasteiger partial charge in [0.05, 0.1) is 6.04 Å². The summed E-state index contributed by atoms with van der Waals surface area (Å²) in [7, 11) is 1.50. The first kappa shape index (κ1) is 37.8. The van der Waals surface area contributed by atoms with Gasteiger partial charge in [0.15, 0.2) is 0 Å². The molecule has 1 aliphatic carbocycles. The smallest absolute Gasteiger partial charge is 0.315 e. The third-order valence-corrected chi connectivity index (χ3v) is 7.20. The summed E-state index contributed by atoms with van der Waals surface area (Å²) >= 11 is 0. The Morgan fingerprint density at radius 1 is 0.976 bits per heavy atom. The van der Waals surface area contributed by atoms with E-state index in [4.69, 9.17) is 0 Å². The standard InChI is InChI=1S/C26H41N5O5.C3H8.C2H6/c1-5-7-12-18(20(32)23(34)28-16-6-2)29-22(33)19-13-11-17-31(19)24(35)21(30-25(36)27-4)26(3)14-9-8-10-15-26;1-3-2;1-2/h5-6,18-19,21H,1-2,7-17H2,3-4H3,(H,28,34)(H,29,33)(H2,27,30,36);3H2,1-2H3;1-2H3. The molecule has 10 heteroatoms. The molecular formula is C31H55N5O5. The van der Waals surface area contributed by atoms with Gasteiger partial charge in [-0.05, 0) is 43.9 Å². The van der Waals surface area contributed by atoms with Crippen molar-refractivity contribution in [3.05, 3.63) is 25.3 Å². The average molecular weight is 578 g/mol. The lowest BCUT2D eigenvalue weighted by Crippen LogP contribution is -2.61. The van der Waals surface area contributed by atoms with Gasteiger partial charge in [-0.15, -0.1) is 13.2 Å². The number of allylic oxidation sites excluding steroid dienone is 1. The first-order valence-electron chi connectivity index (χ1n) is 15.2. The van der Waals surface area contributed by atoms with E-state index in [0.29, 0.717) is 25.8 Å². The van der Waals surface area contributed by atoms with Crippen molar-refractivity contribution < 1.29 is 24.0 Å². The first-order chi connectivity index (χ1) is 19.6. The molecule has 3 unspecified atom stereocenters. The SMILES string of the molecule is C=CCCC(NC(=O)C1CCCN1C(=O)C(NC(=O)NC)C1(C)CCCCC1)C(=O)C(=O)NCC=C.CC.CCC. The predicted octanol–water partition coefficient (Wildman–Crippen LogP) is 4.01. The Kier molecular flexibility index (Phi) is 19.1. The van der Waals surface area contributed by atoms with E-state index < -0.39 is 47.2 Å². The van der Waals surface area contributed by atoms with Crippen LogP contribution < -0.4 is 21.3 Å². The molecule has 0 spiro atoms. The van der Waals surface area contributed by atoms with Crippen LogP contribution in [0.3, 0.4) is 0 Å². The van der Waals surface area contributed by atoms with Gasteiger partial charge in [-0.1, -0.05) is 72.5 Å².